The highest BCUT2D eigenvalue weighted by molar-refractivity contribution is 5.80. The first-order valence-corrected chi connectivity index (χ1v) is 4.98. The van der Waals surface area contributed by atoms with Gasteiger partial charge < -0.3 is 4.52 Å². The molecule has 0 fully saturated rings. The van der Waals surface area contributed by atoms with Crippen LogP contribution < -0.4 is 5.63 Å². The van der Waals surface area contributed by atoms with Crippen molar-refractivity contribution in [3.8, 4) is 11.3 Å². The fourth-order valence-corrected chi connectivity index (χ4v) is 1.52. The van der Waals surface area contributed by atoms with Gasteiger partial charge >= 0.3 is 5.63 Å². The number of rotatable bonds is 2. The Morgan fingerprint density at radius 3 is 2.44 bits per heavy atom. The molecule has 1 heterocycles. The van der Waals surface area contributed by atoms with E-state index in [1.807, 2.05) is 0 Å². The minimum absolute atomic E-state index is 0.0704. The molecule has 0 N–H and O–H groups in total. The van der Waals surface area contributed by atoms with Crippen LogP contribution in [0.1, 0.15) is 11.7 Å². The number of benzene rings is 1. The maximum Gasteiger partial charge on any atom is 0.358 e. The predicted octanol–water partition coefficient (Wildman–Crippen LogP) is 1.68. The third kappa shape index (κ3) is 2.05. The molecule has 0 amide bonds. The van der Waals surface area contributed by atoms with Crippen molar-refractivity contribution in [2.45, 2.75) is 6.92 Å². The molecular weight excluding hydrogens is 240 g/mol. The Morgan fingerprint density at radius 2 is 1.94 bits per heavy atom. The van der Waals surface area contributed by atoms with Crippen LogP contribution in [0.25, 0.3) is 11.3 Å². The number of nitro benzene ring substituents is 1. The molecule has 0 radical (unpaired) electrons. The number of hydrogen-bond acceptors (Lipinski definition) is 5. The molecule has 0 saturated heterocycles. The van der Waals surface area contributed by atoms with Gasteiger partial charge in [-0.15, -0.1) is 4.74 Å². The van der Waals surface area contributed by atoms with Gasteiger partial charge in [-0.1, -0.05) is 0 Å². The molecule has 7 heteroatoms. The molecule has 2 rings (SSSR count). The first-order valence-electron chi connectivity index (χ1n) is 4.98. The van der Waals surface area contributed by atoms with E-state index in [-0.39, 0.29) is 11.4 Å². The summed E-state index contributed by atoms with van der Waals surface area (Å²) in [5, 5.41) is 10.5. The molecule has 1 aromatic carbocycles. The number of aromatic nitrogens is 1. The molecule has 18 heavy (non-hydrogen) atoms. The third-order valence-corrected chi connectivity index (χ3v) is 2.31. The number of carbonyl (C=O) groups is 1. The van der Waals surface area contributed by atoms with Crippen LogP contribution in [0.4, 0.5) is 5.69 Å². The van der Waals surface area contributed by atoms with Crippen LogP contribution in [-0.2, 0) is 0 Å². The van der Waals surface area contributed by atoms with E-state index in [9.17, 15) is 19.7 Å². The van der Waals surface area contributed by atoms with Crippen LogP contribution in [0, 0.1) is 10.1 Å². The fraction of sp³-hybridized carbons (Fsp3) is 0.0909. The van der Waals surface area contributed by atoms with E-state index in [1.165, 1.54) is 31.2 Å². The van der Waals surface area contributed by atoms with E-state index in [1.54, 1.807) is 0 Å². The Kier molecular flexibility index (Phi) is 2.80. The lowest BCUT2D eigenvalue weighted by Crippen LogP contribution is -2.06. The zero-order chi connectivity index (χ0) is 13.3. The van der Waals surface area contributed by atoms with Crippen LogP contribution in [0.15, 0.2) is 39.6 Å². The SMILES string of the molecule is CC(=O)n1oc(=O)cc1-c1ccc([N+](=O)[O-])cc1. The zero-order valence-corrected chi connectivity index (χ0v) is 9.32. The summed E-state index contributed by atoms with van der Waals surface area (Å²) < 4.78 is 5.54. The number of carbonyl (C=O) groups excluding carboxylic acids is 1. The molecule has 0 saturated carbocycles. The summed E-state index contributed by atoms with van der Waals surface area (Å²) in [6.45, 7) is 1.25. The van der Waals surface area contributed by atoms with Gasteiger partial charge in [0.05, 0.1) is 16.7 Å². The van der Waals surface area contributed by atoms with Crippen molar-refractivity contribution < 1.29 is 14.2 Å². The molecule has 0 bridgehead atoms. The van der Waals surface area contributed by atoms with E-state index >= 15 is 0 Å². The summed E-state index contributed by atoms with van der Waals surface area (Å²) in [6.07, 6.45) is 0. The zero-order valence-electron chi connectivity index (χ0n) is 9.32. The van der Waals surface area contributed by atoms with Crippen LogP contribution in [0.5, 0.6) is 0 Å². The summed E-state index contributed by atoms with van der Waals surface area (Å²) in [4.78, 5) is 32.3. The fourth-order valence-electron chi connectivity index (χ4n) is 1.52. The number of nitro groups is 1. The van der Waals surface area contributed by atoms with E-state index in [0.29, 0.717) is 5.56 Å². The average molecular weight is 248 g/mol. The van der Waals surface area contributed by atoms with Gasteiger partial charge in [0.2, 0.25) is 0 Å². The van der Waals surface area contributed by atoms with E-state index in [2.05, 4.69) is 4.52 Å². The van der Waals surface area contributed by atoms with Crippen molar-refractivity contribution in [1.82, 2.24) is 4.74 Å². The molecule has 0 aliphatic rings. The molecule has 0 aliphatic heterocycles. The van der Waals surface area contributed by atoms with Gasteiger partial charge in [-0.2, -0.15) is 0 Å². The lowest BCUT2D eigenvalue weighted by atomic mass is 10.1. The number of non-ortho nitro benzene ring substituents is 1. The molecule has 7 nitrogen and oxygen atoms in total. The second-order valence-corrected chi connectivity index (χ2v) is 3.56. The Bertz CT molecular complexity index is 665. The van der Waals surface area contributed by atoms with Crippen LogP contribution in [0.2, 0.25) is 0 Å². The van der Waals surface area contributed by atoms with Crippen molar-refractivity contribution in [2.75, 3.05) is 0 Å². The maximum absolute atomic E-state index is 11.3. The Labute approximate surface area is 100 Å². The maximum atomic E-state index is 11.3. The predicted molar refractivity (Wildman–Crippen MR) is 61.4 cm³/mol. The minimum atomic E-state index is -0.654. The first-order chi connectivity index (χ1) is 8.49. The lowest BCUT2D eigenvalue weighted by Gasteiger charge is -2.01. The second kappa shape index (κ2) is 4.28. The van der Waals surface area contributed by atoms with Crippen molar-refractivity contribution in [3.63, 3.8) is 0 Å². The van der Waals surface area contributed by atoms with Crippen molar-refractivity contribution in [2.24, 2.45) is 0 Å². The van der Waals surface area contributed by atoms with Crippen LogP contribution >= 0.6 is 0 Å². The van der Waals surface area contributed by atoms with Gasteiger partial charge in [-0.05, 0) is 12.1 Å². The van der Waals surface area contributed by atoms with Gasteiger partial charge in [0.15, 0.2) is 0 Å². The lowest BCUT2D eigenvalue weighted by molar-refractivity contribution is -0.384. The first kappa shape index (κ1) is 11.8. The Morgan fingerprint density at radius 1 is 1.33 bits per heavy atom. The Balaban J connectivity index is 2.52. The van der Waals surface area contributed by atoms with E-state index in [4.69, 9.17) is 0 Å². The normalized spacial score (nSPS) is 10.3. The molecule has 2 aromatic rings. The monoisotopic (exact) mass is 248 g/mol. The topological polar surface area (TPSA) is 95.3 Å². The highest BCUT2D eigenvalue weighted by atomic mass is 16.6. The van der Waals surface area contributed by atoms with Crippen LogP contribution in [0.3, 0.4) is 0 Å². The second-order valence-electron chi connectivity index (χ2n) is 3.56. The summed E-state index contributed by atoms with van der Waals surface area (Å²) in [6, 6.07) is 6.63. The molecule has 0 spiro atoms. The Hall–Kier alpha value is -2.70. The summed E-state index contributed by atoms with van der Waals surface area (Å²) in [5.74, 6) is -0.453. The van der Waals surface area contributed by atoms with E-state index in [0.717, 1.165) is 10.8 Å². The smallest absolute Gasteiger partial charge is 0.328 e. The van der Waals surface area contributed by atoms with Gasteiger partial charge in [-0.3, -0.25) is 14.9 Å². The van der Waals surface area contributed by atoms with Gasteiger partial charge in [0.25, 0.3) is 11.6 Å². The van der Waals surface area contributed by atoms with Crippen molar-refractivity contribution >= 4 is 11.6 Å². The highest BCUT2D eigenvalue weighted by Gasteiger charge is 2.13. The molecule has 1 aromatic heterocycles. The van der Waals surface area contributed by atoms with Crippen LogP contribution in [-0.4, -0.2) is 15.6 Å². The number of hydrogen-bond donors (Lipinski definition) is 0. The molecule has 0 aliphatic carbocycles. The van der Waals surface area contributed by atoms with Gasteiger partial charge in [0, 0.05) is 24.6 Å². The summed E-state index contributed by atoms with van der Waals surface area (Å²) >= 11 is 0. The molecule has 92 valence electrons. The standard InChI is InChI=1S/C11H8N2O5/c1-7(14)12-10(6-11(15)18-12)8-2-4-9(5-3-8)13(16)17/h2-6H,1H3. The molecule has 0 atom stereocenters. The van der Waals surface area contributed by atoms with Gasteiger partial charge in [0.1, 0.15) is 0 Å². The van der Waals surface area contributed by atoms with Crippen molar-refractivity contribution in [1.29, 1.82) is 0 Å². The molecule has 0 unspecified atom stereocenters. The third-order valence-electron chi connectivity index (χ3n) is 2.31. The highest BCUT2D eigenvalue weighted by Crippen LogP contribution is 2.21. The van der Waals surface area contributed by atoms with Crippen molar-refractivity contribution in [3.05, 3.63) is 50.9 Å². The minimum Gasteiger partial charge on any atom is -0.328 e. The number of nitrogens with zero attached hydrogens (tertiary/aromatic N) is 2. The van der Waals surface area contributed by atoms with E-state index < -0.39 is 16.5 Å². The van der Waals surface area contributed by atoms with Gasteiger partial charge in [-0.25, -0.2) is 4.79 Å². The molecular formula is C11H8N2O5. The quantitative estimate of drug-likeness (QED) is 0.595. The largest absolute Gasteiger partial charge is 0.358 e. The summed E-state index contributed by atoms with van der Waals surface area (Å²) in [7, 11) is 0. The summed E-state index contributed by atoms with van der Waals surface area (Å²) in [5.41, 5.74) is 0.0292. The average Bonchev–Trinajstić information content (AvgIpc) is 2.71.